The Hall–Kier alpha value is -2.98. The van der Waals surface area contributed by atoms with Crippen LogP contribution in [0.1, 0.15) is 31.7 Å². The molecular formula is C23H28FN5O3S. The lowest BCUT2D eigenvalue weighted by Crippen LogP contribution is -2.28. The molecule has 2 aromatic heterocycles. The van der Waals surface area contributed by atoms with E-state index in [1.807, 2.05) is 36.6 Å². The van der Waals surface area contributed by atoms with E-state index in [1.165, 1.54) is 27.5 Å². The van der Waals surface area contributed by atoms with Gasteiger partial charge in [0.25, 0.3) is 0 Å². The van der Waals surface area contributed by atoms with Crippen molar-refractivity contribution in [3.05, 3.63) is 64.1 Å². The third-order valence-corrected chi connectivity index (χ3v) is 6.91. The van der Waals surface area contributed by atoms with Crippen molar-refractivity contribution in [2.24, 2.45) is 12.8 Å². The molecule has 2 aromatic carbocycles. The number of nitrogens with two attached hydrogens (primary N) is 1. The molecule has 0 bridgehead atoms. The first-order valence-corrected chi connectivity index (χ1v) is 12.7. The zero-order valence-electron chi connectivity index (χ0n) is 19.2. The van der Waals surface area contributed by atoms with Crippen molar-refractivity contribution in [1.29, 1.82) is 0 Å². The van der Waals surface area contributed by atoms with E-state index >= 15 is 0 Å². The van der Waals surface area contributed by atoms with Crippen molar-refractivity contribution >= 4 is 31.9 Å². The molecule has 10 heteroatoms. The predicted octanol–water partition coefficient (Wildman–Crippen LogP) is 2.51. The number of halogens is 1. The van der Waals surface area contributed by atoms with Gasteiger partial charge in [-0.15, -0.1) is 0 Å². The number of aromatic nitrogens is 4. The van der Waals surface area contributed by atoms with Gasteiger partial charge < -0.3 is 10.3 Å². The highest BCUT2D eigenvalue weighted by Crippen LogP contribution is 2.25. The number of sulfone groups is 1. The quantitative estimate of drug-likeness (QED) is 0.444. The van der Waals surface area contributed by atoms with Crippen molar-refractivity contribution in [3.8, 4) is 0 Å². The van der Waals surface area contributed by atoms with E-state index in [-0.39, 0.29) is 18.0 Å². The number of fused-ring (bicyclic) bond motifs is 2. The lowest BCUT2D eigenvalue weighted by atomic mass is 9.95. The molecule has 0 aliphatic heterocycles. The molecular weight excluding hydrogens is 445 g/mol. The molecule has 0 aliphatic carbocycles. The topological polar surface area (TPSA) is 105 Å². The average Bonchev–Trinajstić information content (AvgIpc) is 3.16. The number of imidazole rings is 2. The minimum atomic E-state index is -3.12. The van der Waals surface area contributed by atoms with Crippen LogP contribution in [-0.2, 0) is 35.5 Å². The Morgan fingerprint density at radius 3 is 2.42 bits per heavy atom. The lowest BCUT2D eigenvalue weighted by Gasteiger charge is -2.19. The Morgan fingerprint density at radius 1 is 1.06 bits per heavy atom. The minimum absolute atomic E-state index is 0.0411. The number of rotatable bonds is 7. The van der Waals surface area contributed by atoms with Crippen molar-refractivity contribution in [1.82, 2.24) is 18.7 Å². The smallest absolute Gasteiger partial charge is 0.326 e. The molecule has 0 saturated carbocycles. The first-order chi connectivity index (χ1) is 15.3. The van der Waals surface area contributed by atoms with Gasteiger partial charge in [-0.2, -0.15) is 0 Å². The summed E-state index contributed by atoms with van der Waals surface area (Å²) in [5.74, 6) is 0.196. The largest absolute Gasteiger partial charge is 0.329 e. The van der Waals surface area contributed by atoms with Gasteiger partial charge in [0.05, 0.1) is 34.4 Å². The molecule has 8 nitrogen and oxygen atoms in total. The van der Waals surface area contributed by atoms with Gasteiger partial charge >= 0.3 is 5.69 Å². The van der Waals surface area contributed by atoms with Gasteiger partial charge in [0.15, 0.2) is 0 Å². The maximum absolute atomic E-state index is 14.0. The summed E-state index contributed by atoms with van der Waals surface area (Å²) in [5.41, 5.74) is 8.95. The molecule has 0 fully saturated rings. The van der Waals surface area contributed by atoms with Gasteiger partial charge in [0.1, 0.15) is 21.5 Å². The third kappa shape index (κ3) is 4.58. The van der Waals surface area contributed by atoms with E-state index in [0.29, 0.717) is 35.3 Å². The summed E-state index contributed by atoms with van der Waals surface area (Å²) in [5, 5.41) is 0. The summed E-state index contributed by atoms with van der Waals surface area (Å²) < 4.78 is 42.2. The van der Waals surface area contributed by atoms with Crippen LogP contribution in [0, 0.1) is 5.82 Å². The SMILES string of the molecule is Cn1c(=O)n(Cc2nc3cc(C(C)(C)N)ccc3n2CCCS(C)(=O)=O)c2cc(F)ccc21. The Bertz CT molecular complexity index is 1520. The molecule has 0 radical (unpaired) electrons. The summed E-state index contributed by atoms with van der Waals surface area (Å²) in [6, 6.07) is 10.00. The molecule has 0 unspecified atom stereocenters. The highest BCUT2D eigenvalue weighted by molar-refractivity contribution is 7.90. The number of hydrogen-bond donors (Lipinski definition) is 1. The van der Waals surface area contributed by atoms with Crippen LogP contribution >= 0.6 is 0 Å². The molecule has 2 N–H and O–H groups in total. The summed E-state index contributed by atoms with van der Waals surface area (Å²) in [6.45, 7) is 4.34. The fourth-order valence-corrected chi connectivity index (χ4v) is 4.77. The summed E-state index contributed by atoms with van der Waals surface area (Å²) >= 11 is 0. The molecule has 4 rings (SSSR count). The molecule has 0 atom stereocenters. The molecule has 176 valence electrons. The normalized spacial score (nSPS) is 12.8. The van der Waals surface area contributed by atoms with Crippen LogP contribution in [0.2, 0.25) is 0 Å². The Morgan fingerprint density at radius 2 is 1.76 bits per heavy atom. The number of aryl methyl sites for hydroxylation is 2. The second-order valence-corrected chi connectivity index (χ2v) is 11.4. The maximum atomic E-state index is 14.0. The molecule has 0 spiro atoms. The van der Waals surface area contributed by atoms with E-state index in [0.717, 1.165) is 11.1 Å². The summed E-state index contributed by atoms with van der Waals surface area (Å²) in [6.07, 6.45) is 1.61. The second-order valence-electron chi connectivity index (χ2n) is 9.15. The fraction of sp³-hybridized carbons (Fsp3) is 0.391. The van der Waals surface area contributed by atoms with E-state index in [1.54, 1.807) is 13.1 Å². The van der Waals surface area contributed by atoms with Crippen LogP contribution in [-0.4, -0.2) is 39.1 Å². The molecule has 0 amide bonds. The van der Waals surface area contributed by atoms with Crippen LogP contribution in [0.5, 0.6) is 0 Å². The van der Waals surface area contributed by atoms with Crippen molar-refractivity contribution < 1.29 is 12.8 Å². The Balaban J connectivity index is 1.84. The van der Waals surface area contributed by atoms with Gasteiger partial charge in [-0.3, -0.25) is 9.13 Å². The van der Waals surface area contributed by atoms with Crippen LogP contribution in [0.25, 0.3) is 22.1 Å². The molecule has 4 aromatic rings. The first kappa shape index (κ1) is 23.2. The fourth-order valence-electron chi connectivity index (χ4n) is 4.11. The van der Waals surface area contributed by atoms with Crippen molar-refractivity contribution in [3.63, 3.8) is 0 Å². The summed E-state index contributed by atoms with van der Waals surface area (Å²) in [4.78, 5) is 17.7. The lowest BCUT2D eigenvalue weighted by molar-refractivity contribution is 0.555. The summed E-state index contributed by atoms with van der Waals surface area (Å²) in [7, 11) is -1.47. The van der Waals surface area contributed by atoms with E-state index < -0.39 is 21.2 Å². The zero-order valence-corrected chi connectivity index (χ0v) is 20.0. The van der Waals surface area contributed by atoms with Gasteiger partial charge in [0.2, 0.25) is 0 Å². The molecule has 0 saturated heterocycles. The Kier molecular flexibility index (Phi) is 5.69. The van der Waals surface area contributed by atoms with Gasteiger partial charge in [-0.25, -0.2) is 22.6 Å². The van der Waals surface area contributed by atoms with E-state index in [9.17, 15) is 17.6 Å². The zero-order chi connectivity index (χ0) is 24.1. The highest BCUT2D eigenvalue weighted by atomic mass is 32.2. The second kappa shape index (κ2) is 8.11. The minimum Gasteiger partial charge on any atom is -0.326 e. The molecule has 0 aliphatic rings. The monoisotopic (exact) mass is 473 g/mol. The number of benzene rings is 2. The van der Waals surface area contributed by atoms with Crippen LogP contribution in [0.3, 0.4) is 0 Å². The van der Waals surface area contributed by atoms with E-state index in [2.05, 4.69) is 0 Å². The van der Waals surface area contributed by atoms with Gasteiger partial charge in [-0.05, 0) is 56.2 Å². The number of nitrogens with zero attached hydrogens (tertiary/aromatic N) is 4. The van der Waals surface area contributed by atoms with Crippen molar-refractivity contribution in [2.75, 3.05) is 12.0 Å². The average molecular weight is 474 g/mol. The standard InChI is InChI=1S/C23H28FN5O3S/c1-23(2,25)15-6-8-18-17(12-15)26-21(28(18)10-5-11-33(4,31)32)14-29-20-13-16(24)7-9-19(20)27(3)22(29)30/h6-9,12-13H,5,10-11,14,25H2,1-4H3. The number of hydrogen-bond acceptors (Lipinski definition) is 5. The van der Waals surface area contributed by atoms with Crippen LogP contribution in [0.4, 0.5) is 4.39 Å². The van der Waals surface area contributed by atoms with E-state index in [4.69, 9.17) is 10.7 Å². The van der Waals surface area contributed by atoms with Gasteiger partial charge in [-0.1, -0.05) is 6.07 Å². The van der Waals surface area contributed by atoms with Crippen LogP contribution < -0.4 is 11.4 Å². The highest BCUT2D eigenvalue weighted by Gasteiger charge is 2.20. The first-order valence-electron chi connectivity index (χ1n) is 10.7. The third-order valence-electron chi connectivity index (χ3n) is 5.88. The van der Waals surface area contributed by atoms with Crippen LogP contribution in [0.15, 0.2) is 41.2 Å². The molecule has 2 heterocycles. The van der Waals surface area contributed by atoms with Crippen molar-refractivity contribution in [2.45, 2.75) is 38.9 Å². The Labute approximate surface area is 191 Å². The van der Waals surface area contributed by atoms with Gasteiger partial charge in [0, 0.05) is 25.4 Å². The predicted molar refractivity (Wildman–Crippen MR) is 128 cm³/mol. The maximum Gasteiger partial charge on any atom is 0.329 e. The molecule has 33 heavy (non-hydrogen) atoms.